The maximum absolute atomic E-state index is 12.6. The van der Waals surface area contributed by atoms with Gasteiger partial charge in [-0.1, -0.05) is 18.2 Å². The topological polar surface area (TPSA) is 71.8 Å². The monoisotopic (exact) mass is 429 g/mol. The first kappa shape index (κ1) is 21.4. The number of pyridine rings is 1. The molecule has 1 unspecified atom stereocenters. The number of rotatable bonds is 6. The Morgan fingerprint density at radius 1 is 1.24 bits per heavy atom. The number of carbonyl (C=O) groups excluding carboxylic acids is 1. The van der Waals surface area contributed by atoms with E-state index >= 15 is 0 Å². The van der Waals surface area contributed by atoms with Gasteiger partial charge >= 0.3 is 0 Å². The zero-order valence-corrected chi connectivity index (χ0v) is 17.6. The number of benzene rings is 1. The molecule has 0 aliphatic carbocycles. The lowest BCUT2D eigenvalue weighted by Crippen LogP contribution is -2.32. The lowest BCUT2D eigenvalue weighted by molar-refractivity contribution is 0.102. The molecule has 6 nitrogen and oxygen atoms in total. The van der Waals surface area contributed by atoms with Crippen LogP contribution in [0.1, 0.15) is 34.9 Å². The maximum Gasteiger partial charge on any atom is 0.276 e. The summed E-state index contributed by atoms with van der Waals surface area (Å²) in [5.74, 6) is 0.612. The quantitative estimate of drug-likeness (QED) is 0.575. The molecule has 1 aliphatic heterocycles. The van der Waals surface area contributed by atoms with Gasteiger partial charge in [-0.2, -0.15) is 5.10 Å². The SMILES string of the molecule is Cl.O=C(Nc1cccc(CSc2ccccn2)c1)c1ccn(C2CCCNC2)n1. The van der Waals surface area contributed by atoms with Crippen molar-refractivity contribution in [2.75, 3.05) is 18.4 Å². The standard InChI is InChI=1S/C21H23N5OS.ClH/c27-21(19-9-12-26(25-19)18-7-4-10-22-14-18)24-17-6-3-5-16(13-17)15-28-20-8-1-2-11-23-20;/h1-3,5-6,8-9,11-13,18,22H,4,7,10,14-15H2,(H,24,27);1H. The van der Waals surface area contributed by atoms with Crippen molar-refractivity contribution in [1.82, 2.24) is 20.1 Å². The summed E-state index contributed by atoms with van der Waals surface area (Å²) in [4.78, 5) is 16.9. The van der Waals surface area contributed by atoms with E-state index in [4.69, 9.17) is 0 Å². The Morgan fingerprint density at radius 2 is 2.17 bits per heavy atom. The number of carbonyl (C=O) groups is 1. The van der Waals surface area contributed by atoms with Crippen molar-refractivity contribution in [2.45, 2.75) is 29.7 Å². The Bertz CT molecular complexity index is 928. The summed E-state index contributed by atoms with van der Waals surface area (Å²) in [5.41, 5.74) is 2.35. The van der Waals surface area contributed by atoms with Crippen molar-refractivity contribution in [3.63, 3.8) is 0 Å². The number of amides is 1. The molecule has 1 atom stereocenters. The summed E-state index contributed by atoms with van der Waals surface area (Å²) < 4.78 is 1.90. The molecule has 152 valence electrons. The molecule has 3 heterocycles. The van der Waals surface area contributed by atoms with Crippen LogP contribution in [0.5, 0.6) is 0 Å². The number of nitrogens with one attached hydrogen (secondary N) is 2. The fourth-order valence-electron chi connectivity index (χ4n) is 3.25. The number of aromatic nitrogens is 3. The third-order valence-corrected chi connectivity index (χ3v) is 5.71. The molecule has 8 heteroatoms. The Hall–Kier alpha value is -2.35. The third kappa shape index (κ3) is 5.82. The first-order valence-electron chi connectivity index (χ1n) is 9.48. The molecule has 0 spiro atoms. The molecule has 1 amide bonds. The van der Waals surface area contributed by atoms with Crippen molar-refractivity contribution < 1.29 is 4.79 Å². The van der Waals surface area contributed by atoms with Crippen molar-refractivity contribution in [3.05, 3.63) is 72.2 Å². The van der Waals surface area contributed by atoms with E-state index < -0.39 is 0 Å². The highest BCUT2D eigenvalue weighted by Gasteiger charge is 2.17. The van der Waals surface area contributed by atoms with E-state index in [1.807, 2.05) is 47.3 Å². The second-order valence-corrected chi connectivity index (χ2v) is 7.79. The number of hydrogen-bond acceptors (Lipinski definition) is 5. The molecule has 1 aromatic carbocycles. The Balaban J connectivity index is 0.00000240. The highest BCUT2D eigenvalue weighted by atomic mass is 35.5. The van der Waals surface area contributed by atoms with Gasteiger partial charge in [0.25, 0.3) is 5.91 Å². The summed E-state index contributed by atoms with van der Waals surface area (Å²) in [6, 6.07) is 15.9. The molecule has 4 rings (SSSR count). The largest absolute Gasteiger partial charge is 0.321 e. The first-order chi connectivity index (χ1) is 13.8. The highest BCUT2D eigenvalue weighted by molar-refractivity contribution is 7.98. The molecule has 1 aliphatic rings. The van der Waals surface area contributed by atoms with Crippen LogP contribution in [0.2, 0.25) is 0 Å². The van der Waals surface area contributed by atoms with E-state index in [2.05, 4.69) is 26.8 Å². The zero-order valence-electron chi connectivity index (χ0n) is 16.0. The van der Waals surface area contributed by atoms with Crippen molar-refractivity contribution in [1.29, 1.82) is 0 Å². The van der Waals surface area contributed by atoms with Crippen LogP contribution in [0.3, 0.4) is 0 Å². The summed E-state index contributed by atoms with van der Waals surface area (Å²) in [7, 11) is 0. The van der Waals surface area contributed by atoms with Crippen LogP contribution in [0.4, 0.5) is 5.69 Å². The fourth-order valence-corrected chi connectivity index (χ4v) is 4.05. The van der Waals surface area contributed by atoms with Crippen molar-refractivity contribution in [3.8, 4) is 0 Å². The molecule has 0 bridgehead atoms. The minimum Gasteiger partial charge on any atom is -0.321 e. The van der Waals surface area contributed by atoms with Crippen molar-refractivity contribution >= 4 is 35.8 Å². The Morgan fingerprint density at radius 3 is 2.97 bits per heavy atom. The lowest BCUT2D eigenvalue weighted by atomic mass is 10.1. The number of piperidine rings is 1. The first-order valence-corrected chi connectivity index (χ1v) is 10.5. The van der Waals surface area contributed by atoms with Gasteiger partial charge in [0.2, 0.25) is 0 Å². The average Bonchev–Trinajstić information content (AvgIpc) is 3.25. The molecule has 0 radical (unpaired) electrons. The second-order valence-electron chi connectivity index (χ2n) is 6.79. The van der Waals surface area contributed by atoms with Crippen LogP contribution in [-0.2, 0) is 5.75 Å². The number of nitrogens with zero attached hydrogens (tertiary/aromatic N) is 3. The van der Waals surface area contributed by atoms with Gasteiger partial charge in [-0.25, -0.2) is 4.98 Å². The van der Waals surface area contributed by atoms with E-state index in [-0.39, 0.29) is 18.3 Å². The van der Waals surface area contributed by atoms with Gasteiger partial charge in [0, 0.05) is 30.4 Å². The molecule has 29 heavy (non-hydrogen) atoms. The number of halogens is 1. The summed E-state index contributed by atoms with van der Waals surface area (Å²) in [6.07, 6.45) is 5.91. The summed E-state index contributed by atoms with van der Waals surface area (Å²) in [6.45, 7) is 1.96. The van der Waals surface area contributed by atoms with Crippen molar-refractivity contribution in [2.24, 2.45) is 0 Å². The highest BCUT2D eigenvalue weighted by Crippen LogP contribution is 2.22. The smallest absolute Gasteiger partial charge is 0.276 e. The average molecular weight is 430 g/mol. The maximum atomic E-state index is 12.6. The third-order valence-electron chi connectivity index (χ3n) is 4.70. The molecule has 0 saturated carbocycles. The molecule has 3 aromatic rings. The predicted octanol–water partition coefficient (Wildman–Crippen LogP) is 4.17. The number of hydrogen-bond donors (Lipinski definition) is 2. The van der Waals surface area contributed by atoms with Gasteiger partial charge < -0.3 is 10.6 Å². The summed E-state index contributed by atoms with van der Waals surface area (Å²) >= 11 is 1.67. The van der Waals surface area contributed by atoms with E-state index in [0.717, 1.165) is 48.0 Å². The van der Waals surface area contributed by atoms with Crippen LogP contribution < -0.4 is 10.6 Å². The van der Waals surface area contributed by atoms with Gasteiger partial charge in [0.15, 0.2) is 5.69 Å². The Kier molecular flexibility index (Phi) is 7.69. The van der Waals surface area contributed by atoms with Gasteiger partial charge in [0.05, 0.1) is 11.1 Å². The zero-order chi connectivity index (χ0) is 19.2. The molecule has 2 aromatic heterocycles. The summed E-state index contributed by atoms with van der Waals surface area (Å²) in [5, 5.41) is 11.8. The van der Waals surface area contributed by atoms with Crippen LogP contribution in [0.25, 0.3) is 0 Å². The van der Waals surface area contributed by atoms with Gasteiger partial charge in [-0.05, 0) is 55.3 Å². The lowest BCUT2D eigenvalue weighted by Gasteiger charge is -2.22. The number of thioether (sulfide) groups is 1. The van der Waals surface area contributed by atoms with E-state index in [1.54, 1.807) is 24.0 Å². The second kappa shape index (κ2) is 10.4. The van der Waals surface area contributed by atoms with Crippen LogP contribution >= 0.6 is 24.2 Å². The fraction of sp³-hybridized carbons (Fsp3) is 0.286. The molecule has 1 saturated heterocycles. The van der Waals surface area contributed by atoms with Crippen LogP contribution in [0.15, 0.2) is 66.0 Å². The van der Waals surface area contributed by atoms with E-state index in [1.165, 1.54) is 0 Å². The molecular weight excluding hydrogens is 406 g/mol. The Labute approximate surface area is 180 Å². The number of anilines is 1. The van der Waals surface area contributed by atoms with E-state index in [9.17, 15) is 4.79 Å². The van der Waals surface area contributed by atoms with Crippen LogP contribution in [-0.4, -0.2) is 33.8 Å². The molecule has 1 fully saturated rings. The predicted molar refractivity (Wildman–Crippen MR) is 119 cm³/mol. The molecule has 2 N–H and O–H groups in total. The van der Waals surface area contributed by atoms with E-state index in [0.29, 0.717) is 11.7 Å². The molecular formula is C21H24ClN5OS. The minimum atomic E-state index is -0.183. The van der Waals surface area contributed by atoms with Gasteiger partial charge in [-0.15, -0.1) is 24.2 Å². The minimum absolute atomic E-state index is 0. The van der Waals surface area contributed by atoms with Crippen LogP contribution in [0, 0.1) is 0 Å². The van der Waals surface area contributed by atoms with Gasteiger partial charge in [-0.3, -0.25) is 9.48 Å². The normalized spacial score (nSPS) is 16.1. The van der Waals surface area contributed by atoms with Gasteiger partial charge in [0.1, 0.15) is 0 Å².